The smallest absolute Gasteiger partial charge is 0.269 e. The number of carbonyl (C=O) groups excluding carboxylic acids is 2. The summed E-state index contributed by atoms with van der Waals surface area (Å²) in [7, 11) is 0. The van der Waals surface area contributed by atoms with Crippen LogP contribution in [0.2, 0.25) is 0 Å². The van der Waals surface area contributed by atoms with E-state index in [-0.39, 0.29) is 17.9 Å². The second-order valence-corrected chi connectivity index (χ2v) is 6.15. The highest BCUT2D eigenvalue weighted by molar-refractivity contribution is 5.93. The number of nitrogens with one attached hydrogen (secondary N) is 2. The minimum Gasteiger partial charge on any atom is -0.346 e. The van der Waals surface area contributed by atoms with Crippen LogP contribution in [-0.4, -0.2) is 46.0 Å². The molecule has 2 heterocycles. The van der Waals surface area contributed by atoms with E-state index in [0.29, 0.717) is 24.6 Å². The molecule has 2 aliphatic rings. The third-order valence-electron chi connectivity index (χ3n) is 4.50. The monoisotopic (exact) mass is 290 g/mol. The van der Waals surface area contributed by atoms with Crippen LogP contribution in [0.1, 0.15) is 49.0 Å². The molecular weight excluding hydrogens is 268 g/mol. The van der Waals surface area contributed by atoms with Crippen molar-refractivity contribution in [2.45, 2.75) is 44.6 Å². The molecule has 114 valence electrons. The Balaban J connectivity index is 1.51. The molecule has 1 aliphatic carbocycles. The van der Waals surface area contributed by atoms with Crippen molar-refractivity contribution in [1.29, 1.82) is 0 Å². The molecule has 6 heteroatoms. The molecule has 1 unspecified atom stereocenters. The molecule has 6 nitrogen and oxygen atoms in total. The van der Waals surface area contributed by atoms with Gasteiger partial charge in [-0.15, -0.1) is 0 Å². The van der Waals surface area contributed by atoms with Crippen LogP contribution < -0.4 is 5.32 Å². The van der Waals surface area contributed by atoms with Crippen molar-refractivity contribution in [3.63, 3.8) is 0 Å². The minimum absolute atomic E-state index is 0.0862. The lowest BCUT2D eigenvalue weighted by Gasteiger charge is -2.27. The number of hydrogen-bond donors (Lipinski definition) is 2. The van der Waals surface area contributed by atoms with Gasteiger partial charge in [0.2, 0.25) is 5.91 Å². The summed E-state index contributed by atoms with van der Waals surface area (Å²) in [6.45, 7) is 1.49. The standard InChI is InChI=1S/C15H22N4O2/c20-14-8-12(17-15(21)13-6-7-16-18-13)10-19(14)9-11-4-2-1-3-5-11/h6-7,11-12H,1-5,8-10H2,(H,16,18)(H,17,21). The first kappa shape index (κ1) is 14.1. The Morgan fingerprint density at radius 3 is 2.90 bits per heavy atom. The van der Waals surface area contributed by atoms with Gasteiger partial charge in [-0.3, -0.25) is 14.7 Å². The zero-order chi connectivity index (χ0) is 14.7. The van der Waals surface area contributed by atoms with Crippen LogP contribution in [-0.2, 0) is 4.79 Å². The summed E-state index contributed by atoms with van der Waals surface area (Å²) in [6, 6.07) is 1.54. The number of aromatic amines is 1. The molecule has 0 spiro atoms. The summed E-state index contributed by atoms with van der Waals surface area (Å²) in [4.78, 5) is 26.0. The van der Waals surface area contributed by atoms with E-state index in [9.17, 15) is 9.59 Å². The van der Waals surface area contributed by atoms with Gasteiger partial charge < -0.3 is 10.2 Å². The first-order valence-corrected chi connectivity index (χ1v) is 7.80. The Morgan fingerprint density at radius 1 is 1.38 bits per heavy atom. The predicted octanol–water partition coefficient (Wildman–Crippen LogP) is 1.32. The van der Waals surface area contributed by atoms with Gasteiger partial charge in [-0.1, -0.05) is 19.3 Å². The molecule has 1 aromatic rings. The quantitative estimate of drug-likeness (QED) is 0.878. The van der Waals surface area contributed by atoms with Gasteiger partial charge >= 0.3 is 0 Å². The average molecular weight is 290 g/mol. The van der Waals surface area contributed by atoms with E-state index in [0.717, 1.165) is 6.54 Å². The summed E-state index contributed by atoms with van der Waals surface area (Å²) in [6.07, 6.45) is 8.31. The van der Waals surface area contributed by atoms with Gasteiger partial charge in [0.05, 0.1) is 6.04 Å². The Bertz CT molecular complexity index is 494. The van der Waals surface area contributed by atoms with Crippen molar-refractivity contribution < 1.29 is 9.59 Å². The number of carbonyl (C=O) groups is 2. The number of H-pyrrole nitrogens is 1. The molecule has 2 amide bonds. The van der Waals surface area contributed by atoms with Crippen molar-refractivity contribution in [3.05, 3.63) is 18.0 Å². The van der Waals surface area contributed by atoms with Crippen LogP contribution in [0.4, 0.5) is 0 Å². The largest absolute Gasteiger partial charge is 0.346 e. The third kappa shape index (κ3) is 3.43. The van der Waals surface area contributed by atoms with Crippen LogP contribution in [0.15, 0.2) is 12.3 Å². The van der Waals surface area contributed by atoms with Crippen LogP contribution in [0.5, 0.6) is 0 Å². The fourth-order valence-corrected chi connectivity index (χ4v) is 3.37. The number of hydrogen-bond acceptors (Lipinski definition) is 3. The van der Waals surface area contributed by atoms with Crippen molar-refractivity contribution in [2.75, 3.05) is 13.1 Å². The highest BCUT2D eigenvalue weighted by Crippen LogP contribution is 2.26. The van der Waals surface area contributed by atoms with E-state index in [1.54, 1.807) is 12.3 Å². The second kappa shape index (κ2) is 6.28. The van der Waals surface area contributed by atoms with Gasteiger partial charge in [-0.2, -0.15) is 5.10 Å². The second-order valence-electron chi connectivity index (χ2n) is 6.15. The molecule has 0 aromatic carbocycles. The van der Waals surface area contributed by atoms with E-state index >= 15 is 0 Å². The third-order valence-corrected chi connectivity index (χ3v) is 4.50. The maximum atomic E-state index is 12.1. The molecule has 21 heavy (non-hydrogen) atoms. The summed E-state index contributed by atoms with van der Waals surface area (Å²) in [5.41, 5.74) is 0.438. The Kier molecular flexibility index (Phi) is 4.22. The number of amides is 2. The molecule has 0 radical (unpaired) electrons. The van der Waals surface area contributed by atoms with Crippen LogP contribution >= 0.6 is 0 Å². The van der Waals surface area contributed by atoms with E-state index in [1.807, 2.05) is 4.90 Å². The lowest BCUT2D eigenvalue weighted by molar-refractivity contribution is -0.128. The molecule has 2 fully saturated rings. The molecule has 0 bridgehead atoms. The summed E-state index contributed by atoms with van der Waals surface area (Å²) in [5, 5.41) is 9.31. The topological polar surface area (TPSA) is 78.1 Å². The van der Waals surface area contributed by atoms with Gasteiger partial charge in [0.25, 0.3) is 5.91 Å². The molecular formula is C15H22N4O2. The highest BCUT2D eigenvalue weighted by atomic mass is 16.2. The fourth-order valence-electron chi connectivity index (χ4n) is 3.37. The molecule has 1 atom stereocenters. The van der Waals surface area contributed by atoms with Gasteiger partial charge in [0.15, 0.2) is 0 Å². The van der Waals surface area contributed by atoms with E-state index < -0.39 is 0 Å². The molecule has 1 aromatic heterocycles. The van der Waals surface area contributed by atoms with Crippen molar-refractivity contribution in [3.8, 4) is 0 Å². The normalized spacial score (nSPS) is 23.5. The van der Waals surface area contributed by atoms with E-state index in [2.05, 4.69) is 15.5 Å². The Hall–Kier alpha value is -1.85. The van der Waals surface area contributed by atoms with Gasteiger partial charge in [0, 0.05) is 25.7 Å². The van der Waals surface area contributed by atoms with Crippen LogP contribution in [0.3, 0.4) is 0 Å². The summed E-state index contributed by atoms with van der Waals surface area (Å²) in [5.74, 6) is 0.616. The van der Waals surface area contributed by atoms with Gasteiger partial charge in [0.1, 0.15) is 5.69 Å². The number of nitrogens with zero attached hydrogens (tertiary/aromatic N) is 2. The van der Waals surface area contributed by atoms with E-state index in [1.165, 1.54) is 32.1 Å². The zero-order valence-corrected chi connectivity index (χ0v) is 12.2. The predicted molar refractivity (Wildman–Crippen MR) is 77.6 cm³/mol. The fraction of sp³-hybridized carbons (Fsp3) is 0.667. The van der Waals surface area contributed by atoms with Crippen LogP contribution in [0.25, 0.3) is 0 Å². The molecule has 1 saturated heterocycles. The van der Waals surface area contributed by atoms with Gasteiger partial charge in [-0.25, -0.2) is 0 Å². The van der Waals surface area contributed by atoms with Crippen molar-refractivity contribution >= 4 is 11.8 Å². The minimum atomic E-state index is -0.190. The van der Waals surface area contributed by atoms with Crippen LogP contribution in [0, 0.1) is 5.92 Å². The lowest BCUT2D eigenvalue weighted by Crippen LogP contribution is -2.38. The number of aromatic nitrogens is 2. The number of rotatable bonds is 4. The SMILES string of the molecule is O=C(NC1CC(=O)N(CC2CCCCC2)C1)c1ccn[nH]1. The molecule has 1 aliphatic heterocycles. The maximum Gasteiger partial charge on any atom is 0.269 e. The molecule has 1 saturated carbocycles. The number of likely N-dealkylation sites (tertiary alicyclic amines) is 1. The zero-order valence-electron chi connectivity index (χ0n) is 12.2. The summed E-state index contributed by atoms with van der Waals surface area (Å²) < 4.78 is 0. The molecule has 2 N–H and O–H groups in total. The highest BCUT2D eigenvalue weighted by Gasteiger charge is 2.32. The Morgan fingerprint density at radius 2 is 2.19 bits per heavy atom. The van der Waals surface area contributed by atoms with Gasteiger partial charge in [-0.05, 0) is 24.8 Å². The first-order chi connectivity index (χ1) is 10.2. The maximum absolute atomic E-state index is 12.1. The van der Waals surface area contributed by atoms with E-state index in [4.69, 9.17) is 0 Å². The van der Waals surface area contributed by atoms with Crippen molar-refractivity contribution in [1.82, 2.24) is 20.4 Å². The summed E-state index contributed by atoms with van der Waals surface area (Å²) >= 11 is 0. The lowest BCUT2D eigenvalue weighted by atomic mass is 9.89. The average Bonchev–Trinajstić information content (AvgIpc) is 3.11. The molecule has 3 rings (SSSR count). The Labute approximate surface area is 124 Å². The first-order valence-electron chi connectivity index (χ1n) is 7.80. The van der Waals surface area contributed by atoms with Crippen molar-refractivity contribution in [2.24, 2.45) is 5.92 Å².